The second-order valence-corrected chi connectivity index (χ2v) is 16.0. The summed E-state index contributed by atoms with van der Waals surface area (Å²) in [6, 6.07) is 1.15. The summed E-state index contributed by atoms with van der Waals surface area (Å²) in [6.07, 6.45) is 8.70. The van der Waals surface area contributed by atoms with E-state index in [-0.39, 0.29) is 0 Å². The van der Waals surface area contributed by atoms with Crippen molar-refractivity contribution in [2.45, 2.75) is 77.5 Å². The van der Waals surface area contributed by atoms with Crippen molar-refractivity contribution in [2.24, 2.45) is 5.92 Å². The molecule has 9 heteroatoms. The molecule has 0 atom stereocenters. The van der Waals surface area contributed by atoms with E-state index >= 15 is 0 Å². The molecule has 0 radical (unpaired) electrons. The van der Waals surface area contributed by atoms with Crippen LogP contribution >= 0.6 is 0 Å². The van der Waals surface area contributed by atoms with Gasteiger partial charge in [-0.1, -0.05) is 19.6 Å². The van der Waals surface area contributed by atoms with E-state index in [9.17, 15) is 0 Å². The van der Waals surface area contributed by atoms with Crippen molar-refractivity contribution in [3.05, 3.63) is 23.9 Å². The molecule has 8 nitrogen and oxygen atoms in total. The highest BCUT2D eigenvalue weighted by atomic mass is 28.3. The summed E-state index contributed by atoms with van der Waals surface area (Å²) < 4.78 is 10.1. The van der Waals surface area contributed by atoms with Crippen LogP contribution in [-0.2, 0) is 18.0 Å². The fraction of sp³-hybridized carbons (Fsp3) is 0.636. The van der Waals surface area contributed by atoms with Crippen molar-refractivity contribution in [3.63, 3.8) is 0 Å². The summed E-state index contributed by atoms with van der Waals surface area (Å²) >= 11 is 0. The van der Waals surface area contributed by atoms with E-state index < -0.39 is 8.07 Å². The largest absolute Gasteiger partial charge is 0.361 e. The molecular formula is C22H33N7OSi. The molecule has 5 rings (SSSR count). The first kappa shape index (κ1) is 20.6. The molecule has 0 bridgehead atoms. The molecule has 0 aliphatic heterocycles. The van der Waals surface area contributed by atoms with Gasteiger partial charge in [0.05, 0.1) is 29.6 Å². The van der Waals surface area contributed by atoms with Gasteiger partial charge in [0.2, 0.25) is 5.95 Å². The Morgan fingerprint density at radius 3 is 2.68 bits per heavy atom. The molecule has 2 aliphatic rings. The lowest BCUT2D eigenvalue weighted by Gasteiger charge is -2.15. The number of imidazole rings is 1. The number of rotatable bonds is 10. The van der Waals surface area contributed by atoms with Crippen molar-refractivity contribution < 1.29 is 4.74 Å². The number of ether oxygens (including phenoxy) is 1. The van der Waals surface area contributed by atoms with Crippen molar-refractivity contribution >= 4 is 30.9 Å². The third-order valence-corrected chi connectivity index (χ3v) is 7.86. The molecule has 2 aliphatic carbocycles. The van der Waals surface area contributed by atoms with Crippen LogP contribution in [0.1, 0.15) is 43.0 Å². The average molecular weight is 440 g/mol. The predicted molar refractivity (Wildman–Crippen MR) is 124 cm³/mol. The minimum atomic E-state index is -1.10. The standard InChI is InChI=1S/C22H33N7OSi/c1-15-18(11-24-29(15)12-16-5-6-16)25-22-26-19(17-7-8-17)20-21(27-22)28(13-23-20)14-30-9-10-31(2,3)4/h11,13,16-17H,5-10,12,14H2,1-4H3,(H,25,26,27). The maximum absolute atomic E-state index is 5.97. The Bertz CT molecular complexity index is 1080. The Morgan fingerprint density at radius 2 is 1.97 bits per heavy atom. The molecule has 1 N–H and O–H groups in total. The minimum Gasteiger partial charge on any atom is -0.361 e. The Kier molecular flexibility index (Phi) is 5.33. The monoisotopic (exact) mass is 439 g/mol. The van der Waals surface area contributed by atoms with Gasteiger partial charge in [0.1, 0.15) is 12.2 Å². The summed E-state index contributed by atoms with van der Waals surface area (Å²) in [4.78, 5) is 14.3. The van der Waals surface area contributed by atoms with E-state index in [0.717, 1.165) is 53.4 Å². The number of anilines is 2. The van der Waals surface area contributed by atoms with Gasteiger partial charge in [-0.3, -0.25) is 9.25 Å². The zero-order valence-electron chi connectivity index (χ0n) is 19.1. The molecule has 0 amide bonds. The molecule has 0 aromatic carbocycles. The van der Waals surface area contributed by atoms with E-state index in [0.29, 0.717) is 18.6 Å². The summed E-state index contributed by atoms with van der Waals surface area (Å²) in [5, 5.41) is 7.99. The lowest BCUT2D eigenvalue weighted by atomic mass is 10.2. The molecule has 3 heterocycles. The van der Waals surface area contributed by atoms with Gasteiger partial charge in [0, 0.05) is 27.1 Å². The lowest BCUT2D eigenvalue weighted by Crippen LogP contribution is -2.22. The predicted octanol–water partition coefficient (Wildman–Crippen LogP) is 4.67. The molecule has 2 saturated carbocycles. The lowest BCUT2D eigenvalue weighted by molar-refractivity contribution is 0.0895. The molecule has 0 unspecified atom stereocenters. The first-order valence-corrected chi connectivity index (χ1v) is 15.2. The highest BCUT2D eigenvalue weighted by Crippen LogP contribution is 2.42. The maximum atomic E-state index is 5.97. The zero-order chi connectivity index (χ0) is 21.6. The fourth-order valence-electron chi connectivity index (χ4n) is 3.72. The molecular weight excluding hydrogens is 406 g/mol. The highest BCUT2D eigenvalue weighted by Gasteiger charge is 2.30. The van der Waals surface area contributed by atoms with Gasteiger partial charge < -0.3 is 10.1 Å². The van der Waals surface area contributed by atoms with Crippen LogP contribution in [0, 0.1) is 12.8 Å². The molecule has 0 saturated heterocycles. The second kappa shape index (κ2) is 8.02. The van der Waals surface area contributed by atoms with Crippen LogP contribution in [0.4, 0.5) is 11.6 Å². The number of nitrogens with one attached hydrogen (secondary N) is 1. The van der Waals surface area contributed by atoms with Crippen LogP contribution in [0.25, 0.3) is 11.2 Å². The molecule has 0 spiro atoms. The number of aromatic nitrogens is 6. The molecule has 166 valence electrons. The Hall–Kier alpha value is -2.26. The van der Waals surface area contributed by atoms with Gasteiger partial charge in [-0.25, -0.2) is 9.97 Å². The number of nitrogens with zero attached hydrogens (tertiary/aromatic N) is 6. The van der Waals surface area contributed by atoms with Gasteiger partial charge in [-0.05, 0) is 44.6 Å². The quantitative estimate of drug-likeness (QED) is 0.365. The number of hydrogen-bond donors (Lipinski definition) is 1. The van der Waals surface area contributed by atoms with Crippen molar-refractivity contribution in [1.29, 1.82) is 0 Å². The van der Waals surface area contributed by atoms with Crippen LogP contribution in [0.5, 0.6) is 0 Å². The number of fused-ring (bicyclic) bond motifs is 1. The van der Waals surface area contributed by atoms with Crippen LogP contribution in [0.2, 0.25) is 25.7 Å². The maximum Gasteiger partial charge on any atom is 0.229 e. The SMILES string of the molecule is Cc1c(Nc2nc(C3CC3)c3ncn(COCC[Si](C)(C)C)c3n2)cnn1CC1CC1. The van der Waals surface area contributed by atoms with Crippen LogP contribution in [-0.4, -0.2) is 44.0 Å². The first-order valence-electron chi connectivity index (χ1n) is 11.5. The average Bonchev–Trinajstić information content (AvgIpc) is 3.63. The first-order chi connectivity index (χ1) is 14.9. The fourth-order valence-corrected chi connectivity index (χ4v) is 4.47. The summed E-state index contributed by atoms with van der Waals surface area (Å²) in [5.41, 5.74) is 4.90. The highest BCUT2D eigenvalue weighted by molar-refractivity contribution is 6.76. The Morgan fingerprint density at radius 1 is 1.16 bits per heavy atom. The van der Waals surface area contributed by atoms with Crippen molar-refractivity contribution in [1.82, 2.24) is 29.3 Å². The van der Waals surface area contributed by atoms with E-state index in [2.05, 4.69) is 46.6 Å². The molecule has 31 heavy (non-hydrogen) atoms. The zero-order valence-corrected chi connectivity index (χ0v) is 20.1. The van der Waals surface area contributed by atoms with Crippen molar-refractivity contribution in [2.75, 3.05) is 11.9 Å². The Balaban J connectivity index is 1.37. The normalized spacial score (nSPS) is 16.9. The number of hydrogen-bond acceptors (Lipinski definition) is 6. The minimum absolute atomic E-state index is 0.472. The topological polar surface area (TPSA) is 82.7 Å². The van der Waals surface area contributed by atoms with Gasteiger partial charge in [0.15, 0.2) is 5.65 Å². The van der Waals surface area contributed by atoms with Gasteiger partial charge >= 0.3 is 0 Å². The summed E-state index contributed by atoms with van der Waals surface area (Å²) in [5.74, 6) is 1.89. The second-order valence-electron chi connectivity index (χ2n) is 10.3. The van der Waals surface area contributed by atoms with Gasteiger partial charge in [-0.15, -0.1) is 0 Å². The van der Waals surface area contributed by atoms with E-state index in [1.165, 1.54) is 25.7 Å². The van der Waals surface area contributed by atoms with E-state index in [1.807, 2.05) is 17.1 Å². The van der Waals surface area contributed by atoms with Crippen molar-refractivity contribution in [3.8, 4) is 0 Å². The molecule has 2 fully saturated rings. The van der Waals surface area contributed by atoms with E-state index in [1.54, 1.807) is 0 Å². The summed E-state index contributed by atoms with van der Waals surface area (Å²) in [6.45, 7) is 11.5. The van der Waals surface area contributed by atoms with E-state index in [4.69, 9.17) is 14.7 Å². The van der Waals surface area contributed by atoms with Crippen LogP contribution in [0.3, 0.4) is 0 Å². The third-order valence-electron chi connectivity index (χ3n) is 6.16. The van der Waals surface area contributed by atoms with Gasteiger partial charge in [0.25, 0.3) is 0 Å². The Labute approximate surface area is 184 Å². The third kappa shape index (κ3) is 4.82. The molecule has 3 aromatic rings. The van der Waals surface area contributed by atoms with Gasteiger partial charge in [-0.2, -0.15) is 10.1 Å². The molecule has 3 aromatic heterocycles. The summed E-state index contributed by atoms with van der Waals surface area (Å²) in [7, 11) is -1.10. The smallest absolute Gasteiger partial charge is 0.229 e. The van der Waals surface area contributed by atoms with Crippen LogP contribution in [0.15, 0.2) is 12.5 Å². The van der Waals surface area contributed by atoms with Crippen LogP contribution < -0.4 is 5.32 Å².